The number of nitrogens with zero attached hydrogens (tertiary/aromatic N) is 2. The number of rotatable bonds is 7. The quantitative estimate of drug-likeness (QED) is 0.726. The molecule has 5 nitrogen and oxygen atoms in total. The summed E-state index contributed by atoms with van der Waals surface area (Å²) in [7, 11) is 3.83. The molecule has 1 N–H and O–H groups in total. The van der Waals surface area contributed by atoms with Crippen molar-refractivity contribution >= 4 is 23.9 Å². The molecule has 28 heavy (non-hydrogen) atoms. The number of ether oxygens (including phenoxy) is 1. The van der Waals surface area contributed by atoms with Crippen LogP contribution in [-0.4, -0.2) is 44.7 Å². The SMILES string of the molecule is CN(C)c1cc(-c2ccc(C[C@@H](C#N)C3CSCCN3)cc2)ccc1OC=O. The number of nitriles is 1. The number of hydrogen-bond donors (Lipinski definition) is 1. The minimum atomic E-state index is -0.0150. The molecule has 0 radical (unpaired) electrons. The molecule has 1 heterocycles. The first-order valence-electron chi connectivity index (χ1n) is 9.34. The summed E-state index contributed by atoms with van der Waals surface area (Å²) >= 11 is 1.92. The van der Waals surface area contributed by atoms with Crippen LogP contribution >= 0.6 is 11.8 Å². The molecule has 0 spiro atoms. The largest absolute Gasteiger partial charge is 0.427 e. The maximum Gasteiger partial charge on any atom is 0.298 e. The zero-order chi connectivity index (χ0) is 19.9. The molecular weight excluding hydrogens is 370 g/mol. The van der Waals surface area contributed by atoms with Gasteiger partial charge in [0.15, 0.2) is 5.75 Å². The second kappa shape index (κ2) is 9.63. The first-order valence-corrected chi connectivity index (χ1v) is 10.5. The molecule has 2 atom stereocenters. The van der Waals surface area contributed by atoms with Gasteiger partial charge < -0.3 is 15.0 Å². The number of carbonyl (C=O) groups is 1. The summed E-state index contributed by atoms with van der Waals surface area (Å²) in [4.78, 5) is 12.6. The number of carbonyl (C=O) groups excluding carboxylic acids is 1. The van der Waals surface area contributed by atoms with Gasteiger partial charge in [0.2, 0.25) is 0 Å². The Bertz CT molecular complexity index is 840. The van der Waals surface area contributed by atoms with Gasteiger partial charge in [-0.3, -0.25) is 4.79 Å². The molecule has 0 bridgehead atoms. The third-order valence-electron chi connectivity index (χ3n) is 4.96. The van der Waals surface area contributed by atoms with Crippen molar-refractivity contribution in [2.24, 2.45) is 5.92 Å². The molecule has 1 aliphatic heterocycles. The Morgan fingerprint density at radius 1 is 1.29 bits per heavy atom. The fourth-order valence-electron chi connectivity index (χ4n) is 3.41. The van der Waals surface area contributed by atoms with Gasteiger partial charge in [0, 0.05) is 38.2 Å². The molecule has 1 fully saturated rings. The predicted octanol–water partition coefficient (Wildman–Crippen LogP) is 3.34. The van der Waals surface area contributed by atoms with E-state index in [0.29, 0.717) is 12.2 Å². The van der Waals surface area contributed by atoms with E-state index in [9.17, 15) is 10.1 Å². The summed E-state index contributed by atoms with van der Waals surface area (Å²) in [6.07, 6.45) is 0.754. The number of benzene rings is 2. The van der Waals surface area contributed by atoms with Gasteiger partial charge in [-0.25, -0.2) is 0 Å². The molecule has 0 amide bonds. The topological polar surface area (TPSA) is 65.4 Å². The molecule has 6 heteroatoms. The minimum Gasteiger partial charge on any atom is -0.427 e. The van der Waals surface area contributed by atoms with E-state index in [4.69, 9.17) is 4.74 Å². The summed E-state index contributed by atoms with van der Waals surface area (Å²) in [5.74, 6) is 2.64. The van der Waals surface area contributed by atoms with Crippen LogP contribution in [0.1, 0.15) is 5.56 Å². The maximum absolute atomic E-state index is 10.7. The molecule has 146 valence electrons. The normalized spacial score (nSPS) is 17.4. The lowest BCUT2D eigenvalue weighted by molar-refractivity contribution is -0.120. The molecule has 0 saturated carbocycles. The average Bonchev–Trinajstić information content (AvgIpc) is 2.73. The van der Waals surface area contributed by atoms with Crippen LogP contribution < -0.4 is 15.0 Å². The fourth-order valence-corrected chi connectivity index (χ4v) is 4.44. The van der Waals surface area contributed by atoms with Crippen LogP contribution in [-0.2, 0) is 11.2 Å². The Morgan fingerprint density at radius 3 is 2.64 bits per heavy atom. The standard InChI is InChI=1S/C22H25N3O2S/c1-25(2)21-12-18(7-8-22(21)27-15-26)17-5-3-16(4-6-17)11-19(13-23)20-14-28-10-9-24-20/h3-8,12,15,19-20,24H,9-11,14H2,1-2H3/t19-,20?/m0/s1. The van der Waals surface area contributed by atoms with Crippen molar-refractivity contribution < 1.29 is 9.53 Å². The molecular formula is C22H25N3O2S. The van der Waals surface area contributed by atoms with Crippen molar-refractivity contribution in [2.45, 2.75) is 12.5 Å². The highest BCUT2D eigenvalue weighted by atomic mass is 32.2. The highest BCUT2D eigenvalue weighted by Crippen LogP contribution is 2.32. The van der Waals surface area contributed by atoms with E-state index in [-0.39, 0.29) is 12.0 Å². The van der Waals surface area contributed by atoms with Crippen molar-refractivity contribution in [3.05, 3.63) is 48.0 Å². The molecule has 1 aliphatic rings. The molecule has 1 unspecified atom stereocenters. The van der Waals surface area contributed by atoms with Crippen LogP contribution in [0.25, 0.3) is 11.1 Å². The molecule has 2 aromatic rings. The number of thioether (sulfide) groups is 1. The van der Waals surface area contributed by atoms with Gasteiger partial charge in [-0.1, -0.05) is 30.3 Å². The van der Waals surface area contributed by atoms with E-state index in [1.54, 1.807) is 0 Å². The van der Waals surface area contributed by atoms with Crippen LogP contribution in [0, 0.1) is 17.2 Å². The third-order valence-corrected chi connectivity index (χ3v) is 6.05. The molecule has 0 aliphatic carbocycles. The summed E-state index contributed by atoms with van der Waals surface area (Å²) < 4.78 is 5.06. The Labute approximate surface area is 170 Å². The smallest absolute Gasteiger partial charge is 0.298 e. The van der Waals surface area contributed by atoms with E-state index >= 15 is 0 Å². The minimum absolute atomic E-state index is 0.0150. The van der Waals surface area contributed by atoms with Crippen LogP contribution in [0.2, 0.25) is 0 Å². The van der Waals surface area contributed by atoms with Gasteiger partial charge in [0.1, 0.15) is 0 Å². The van der Waals surface area contributed by atoms with Gasteiger partial charge in [0.05, 0.1) is 17.7 Å². The Hall–Kier alpha value is -2.49. The zero-order valence-corrected chi connectivity index (χ0v) is 17.0. The highest BCUT2D eigenvalue weighted by molar-refractivity contribution is 7.99. The van der Waals surface area contributed by atoms with Gasteiger partial charge in [-0.05, 0) is 35.2 Å². The van der Waals surface area contributed by atoms with Crippen molar-refractivity contribution in [2.75, 3.05) is 37.0 Å². The highest BCUT2D eigenvalue weighted by Gasteiger charge is 2.23. The Balaban J connectivity index is 1.76. The van der Waals surface area contributed by atoms with Crippen molar-refractivity contribution in [3.8, 4) is 22.9 Å². The lowest BCUT2D eigenvalue weighted by Gasteiger charge is -2.27. The predicted molar refractivity (Wildman–Crippen MR) is 115 cm³/mol. The number of hydrogen-bond acceptors (Lipinski definition) is 6. The van der Waals surface area contributed by atoms with Crippen LogP contribution in [0.3, 0.4) is 0 Å². The van der Waals surface area contributed by atoms with Crippen LogP contribution in [0.5, 0.6) is 5.75 Å². The zero-order valence-electron chi connectivity index (χ0n) is 16.2. The fraction of sp³-hybridized carbons (Fsp3) is 0.364. The van der Waals surface area contributed by atoms with E-state index in [1.807, 2.05) is 49.0 Å². The second-order valence-electron chi connectivity index (χ2n) is 7.06. The lowest BCUT2D eigenvalue weighted by Crippen LogP contribution is -2.43. The van der Waals surface area contributed by atoms with Gasteiger partial charge in [-0.15, -0.1) is 0 Å². The molecule has 2 aromatic carbocycles. The first-order chi connectivity index (χ1) is 13.6. The van der Waals surface area contributed by atoms with E-state index in [2.05, 4.69) is 35.7 Å². The Morgan fingerprint density at radius 2 is 2.04 bits per heavy atom. The summed E-state index contributed by atoms with van der Waals surface area (Å²) in [5, 5.41) is 13.1. The van der Waals surface area contributed by atoms with Crippen molar-refractivity contribution in [1.29, 1.82) is 5.26 Å². The summed E-state index contributed by atoms with van der Waals surface area (Å²) in [6.45, 7) is 1.42. The summed E-state index contributed by atoms with van der Waals surface area (Å²) in [5.41, 5.74) is 4.15. The van der Waals surface area contributed by atoms with Gasteiger partial charge in [0.25, 0.3) is 6.47 Å². The average molecular weight is 396 g/mol. The second-order valence-corrected chi connectivity index (χ2v) is 8.21. The number of anilines is 1. The van der Waals surface area contributed by atoms with E-state index < -0.39 is 0 Å². The first kappa shape index (κ1) is 20.2. The third kappa shape index (κ3) is 4.86. The van der Waals surface area contributed by atoms with Crippen molar-refractivity contribution in [3.63, 3.8) is 0 Å². The number of nitrogens with one attached hydrogen (secondary N) is 1. The van der Waals surface area contributed by atoms with Gasteiger partial charge >= 0.3 is 0 Å². The van der Waals surface area contributed by atoms with Crippen LogP contribution in [0.15, 0.2) is 42.5 Å². The lowest BCUT2D eigenvalue weighted by atomic mass is 9.93. The van der Waals surface area contributed by atoms with Crippen molar-refractivity contribution in [1.82, 2.24) is 5.32 Å². The molecule has 0 aromatic heterocycles. The molecule has 1 saturated heterocycles. The maximum atomic E-state index is 10.7. The Kier molecular flexibility index (Phi) is 6.96. The van der Waals surface area contributed by atoms with E-state index in [0.717, 1.165) is 41.3 Å². The summed E-state index contributed by atoms with van der Waals surface area (Å²) in [6, 6.07) is 16.9. The van der Waals surface area contributed by atoms with Crippen LogP contribution in [0.4, 0.5) is 5.69 Å². The van der Waals surface area contributed by atoms with E-state index in [1.165, 1.54) is 5.56 Å². The van der Waals surface area contributed by atoms with Gasteiger partial charge in [-0.2, -0.15) is 17.0 Å². The molecule has 3 rings (SSSR count). The monoisotopic (exact) mass is 395 g/mol.